The van der Waals surface area contributed by atoms with Gasteiger partial charge in [0.2, 0.25) is 10.0 Å². The van der Waals surface area contributed by atoms with Gasteiger partial charge in [-0.3, -0.25) is 4.79 Å². The van der Waals surface area contributed by atoms with E-state index in [-0.39, 0.29) is 28.7 Å². The van der Waals surface area contributed by atoms with Gasteiger partial charge in [-0.05, 0) is 48.7 Å². The van der Waals surface area contributed by atoms with E-state index in [1.165, 1.54) is 22.5 Å². The van der Waals surface area contributed by atoms with Crippen LogP contribution in [0.15, 0.2) is 47.4 Å². The summed E-state index contributed by atoms with van der Waals surface area (Å²) in [4.78, 5) is 23.3. The van der Waals surface area contributed by atoms with Crippen molar-refractivity contribution in [2.75, 3.05) is 19.7 Å². The Morgan fingerprint density at radius 2 is 1.83 bits per heavy atom. The second-order valence-corrected chi connectivity index (χ2v) is 9.08. The summed E-state index contributed by atoms with van der Waals surface area (Å²) in [7, 11) is -3.68. The van der Waals surface area contributed by atoms with E-state index in [9.17, 15) is 18.0 Å². The molecule has 1 heterocycles. The van der Waals surface area contributed by atoms with Crippen molar-refractivity contribution in [1.29, 1.82) is 0 Å². The van der Waals surface area contributed by atoms with E-state index < -0.39 is 21.9 Å². The fraction of sp³-hybridized carbons (Fsp3) is 0.300. The van der Waals surface area contributed by atoms with E-state index in [1.807, 2.05) is 0 Å². The molecule has 160 valence electrons. The van der Waals surface area contributed by atoms with Crippen molar-refractivity contribution in [2.45, 2.75) is 24.3 Å². The molecule has 2 aromatic rings. The van der Waals surface area contributed by atoms with Gasteiger partial charge in [0.15, 0.2) is 6.61 Å². The van der Waals surface area contributed by atoms with Crippen LogP contribution < -0.4 is 10.5 Å². The molecule has 0 radical (unpaired) electrons. The summed E-state index contributed by atoms with van der Waals surface area (Å²) in [5, 5.41) is 0.0962. The number of ether oxygens (including phenoxy) is 2. The molecule has 10 heteroatoms. The van der Waals surface area contributed by atoms with Gasteiger partial charge in [-0.1, -0.05) is 23.7 Å². The maximum absolute atomic E-state index is 12.7. The van der Waals surface area contributed by atoms with Crippen LogP contribution >= 0.6 is 11.6 Å². The van der Waals surface area contributed by atoms with Crippen molar-refractivity contribution in [3.05, 3.63) is 58.6 Å². The minimum atomic E-state index is -3.68. The first-order valence-corrected chi connectivity index (χ1v) is 11.1. The molecule has 0 bridgehead atoms. The molecule has 1 aliphatic rings. The third kappa shape index (κ3) is 5.29. The molecule has 0 spiro atoms. The van der Waals surface area contributed by atoms with Crippen molar-refractivity contribution in [3.8, 4) is 5.75 Å². The number of hydrogen-bond donors (Lipinski definition) is 1. The summed E-state index contributed by atoms with van der Waals surface area (Å²) < 4.78 is 37.4. The lowest BCUT2D eigenvalue weighted by Crippen LogP contribution is -2.28. The highest BCUT2D eigenvalue weighted by molar-refractivity contribution is 7.89. The Labute approximate surface area is 179 Å². The van der Waals surface area contributed by atoms with Crippen LogP contribution in [0.4, 0.5) is 0 Å². The Kier molecular flexibility index (Phi) is 6.96. The molecule has 0 aliphatic carbocycles. The summed E-state index contributed by atoms with van der Waals surface area (Å²) in [5.41, 5.74) is 5.63. The molecule has 1 saturated heterocycles. The second-order valence-electron chi connectivity index (χ2n) is 6.73. The van der Waals surface area contributed by atoms with Crippen molar-refractivity contribution in [3.63, 3.8) is 0 Å². The Morgan fingerprint density at radius 3 is 2.53 bits per heavy atom. The van der Waals surface area contributed by atoms with Crippen LogP contribution in [-0.2, 0) is 26.2 Å². The molecule has 0 saturated carbocycles. The van der Waals surface area contributed by atoms with Crippen LogP contribution in [0.25, 0.3) is 0 Å². The summed E-state index contributed by atoms with van der Waals surface area (Å²) in [5.74, 6) is -0.953. The number of rotatable bonds is 8. The predicted octanol–water partition coefficient (Wildman–Crippen LogP) is 2.35. The van der Waals surface area contributed by atoms with Gasteiger partial charge in [0, 0.05) is 13.1 Å². The highest BCUT2D eigenvalue weighted by Gasteiger charge is 2.28. The highest BCUT2D eigenvalue weighted by atomic mass is 35.5. The van der Waals surface area contributed by atoms with E-state index >= 15 is 0 Å². The molecule has 0 atom stereocenters. The maximum Gasteiger partial charge on any atom is 0.340 e. The number of sulfonamides is 1. The maximum atomic E-state index is 12.7. The van der Waals surface area contributed by atoms with Crippen LogP contribution in [0.2, 0.25) is 5.02 Å². The van der Waals surface area contributed by atoms with E-state index in [2.05, 4.69) is 0 Å². The van der Waals surface area contributed by atoms with Crippen LogP contribution in [0.1, 0.15) is 28.8 Å². The Balaban J connectivity index is 1.71. The number of nitrogens with zero attached hydrogens (tertiary/aromatic N) is 1. The molecular weight excluding hydrogens is 432 g/mol. The lowest BCUT2D eigenvalue weighted by atomic mass is 10.2. The van der Waals surface area contributed by atoms with Crippen LogP contribution in [0.3, 0.4) is 0 Å². The SMILES string of the molecule is NC(=O)COc1cccc(COC(=O)c2cc(S(=O)(=O)N3CCCC3)ccc2Cl)c1. The summed E-state index contributed by atoms with van der Waals surface area (Å²) in [6.07, 6.45) is 1.62. The molecule has 3 rings (SSSR count). The number of esters is 1. The van der Waals surface area contributed by atoms with Gasteiger partial charge in [-0.2, -0.15) is 4.31 Å². The van der Waals surface area contributed by atoms with Crippen LogP contribution in [-0.4, -0.2) is 44.3 Å². The minimum Gasteiger partial charge on any atom is -0.484 e. The number of halogens is 1. The van der Waals surface area contributed by atoms with E-state index in [4.69, 9.17) is 26.8 Å². The third-order valence-electron chi connectivity index (χ3n) is 4.51. The molecule has 0 aromatic heterocycles. The molecule has 0 unspecified atom stereocenters. The highest BCUT2D eigenvalue weighted by Crippen LogP contribution is 2.26. The molecule has 1 amide bonds. The van der Waals surface area contributed by atoms with E-state index in [0.29, 0.717) is 24.4 Å². The van der Waals surface area contributed by atoms with Crippen molar-refractivity contribution < 1.29 is 27.5 Å². The number of benzene rings is 2. The normalized spacial score (nSPS) is 14.4. The van der Waals surface area contributed by atoms with Crippen molar-refractivity contribution in [1.82, 2.24) is 4.31 Å². The topological polar surface area (TPSA) is 116 Å². The predicted molar refractivity (Wildman–Crippen MR) is 110 cm³/mol. The van der Waals surface area contributed by atoms with Gasteiger partial charge >= 0.3 is 5.97 Å². The van der Waals surface area contributed by atoms with Gasteiger partial charge in [-0.25, -0.2) is 13.2 Å². The number of amides is 1. The smallest absolute Gasteiger partial charge is 0.340 e. The number of carbonyl (C=O) groups is 2. The molecular formula is C20H21ClN2O6S. The lowest BCUT2D eigenvalue weighted by molar-refractivity contribution is -0.119. The lowest BCUT2D eigenvalue weighted by Gasteiger charge is -2.16. The Hall–Kier alpha value is -2.62. The zero-order chi connectivity index (χ0) is 21.7. The zero-order valence-corrected chi connectivity index (χ0v) is 17.6. The fourth-order valence-electron chi connectivity index (χ4n) is 3.00. The second kappa shape index (κ2) is 9.46. The van der Waals surface area contributed by atoms with Gasteiger partial charge in [0.05, 0.1) is 15.5 Å². The number of nitrogens with two attached hydrogens (primary N) is 1. The summed E-state index contributed by atoms with van der Waals surface area (Å²) >= 11 is 6.11. The van der Waals surface area contributed by atoms with Crippen LogP contribution in [0.5, 0.6) is 5.75 Å². The third-order valence-corrected chi connectivity index (χ3v) is 6.73. The molecule has 30 heavy (non-hydrogen) atoms. The van der Waals surface area contributed by atoms with Gasteiger partial charge in [0.1, 0.15) is 12.4 Å². The molecule has 2 aromatic carbocycles. The fourth-order valence-corrected chi connectivity index (χ4v) is 4.74. The molecule has 1 aliphatic heterocycles. The quantitative estimate of drug-likeness (QED) is 0.614. The first-order chi connectivity index (χ1) is 14.3. The standard InChI is InChI=1S/C20H21ClN2O6S/c21-18-7-6-16(30(26,27)23-8-1-2-9-23)11-17(18)20(25)29-12-14-4-3-5-15(10-14)28-13-19(22)24/h3-7,10-11H,1-2,8-9,12-13H2,(H2,22,24). The van der Waals surface area contributed by atoms with Crippen molar-refractivity contribution in [2.24, 2.45) is 5.73 Å². The average Bonchev–Trinajstić information content (AvgIpc) is 3.27. The number of hydrogen-bond acceptors (Lipinski definition) is 6. The molecule has 1 fully saturated rings. The number of primary amides is 1. The van der Waals surface area contributed by atoms with E-state index in [0.717, 1.165) is 12.8 Å². The summed E-state index contributed by atoms with van der Waals surface area (Å²) in [6.45, 7) is 0.557. The van der Waals surface area contributed by atoms with Crippen molar-refractivity contribution >= 4 is 33.5 Å². The Morgan fingerprint density at radius 1 is 1.10 bits per heavy atom. The monoisotopic (exact) mass is 452 g/mol. The molecule has 2 N–H and O–H groups in total. The molecule has 8 nitrogen and oxygen atoms in total. The van der Waals surface area contributed by atoms with Gasteiger partial charge in [0.25, 0.3) is 5.91 Å². The summed E-state index contributed by atoms with van der Waals surface area (Å²) in [6, 6.07) is 10.6. The number of carbonyl (C=O) groups excluding carboxylic acids is 2. The first kappa shape index (κ1) is 22.1. The van der Waals surface area contributed by atoms with Gasteiger partial charge in [-0.15, -0.1) is 0 Å². The first-order valence-electron chi connectivity index (χ1n) is 9.24. The van der Waals surface area contributed by atoms with E-state index in [1.54, 1.807) is 24.3 Å². The van der Waals surface area contributed by atoms with Crippen LogP contribution in [0, 0.1) is 0 Å². The minimum absolute atomic E-state index is 0.00241. The zero-order valence-electron chi connectivity index (χ0n) is 16.0. The largest absolute Gasteiger partial charge is 0.484 e. The Bertz CT molecular complexity index is 1050. The van der Waals surface area contributed by atoms with Gasteiger partial charge < -0.3 is 15.2 Å². The average molecular weight is 453 g/mol.